The largest absolute Gasteiger partial charge is 0.353 e. The van der Waals surface area contributed by atoms with E-state index in [-0.39, 0.29) is 5.91 Å². The van der Waals surface area contributed by atoms with Gasteiger partial charge in [-0.2, -0.15) is 0 Å². The van der Waals surface area contributed by atoms with Gasteiger partial charge in [-0.1, -0.05) is 19.1 Å². The molecule has 1 N–H and O–H groups in total. The number of carbonyl (C=O) groups is 1. The number of hydrogen-bond donors (Lipinski definition) is 1. The van der Waals surface area contributed by atoms with E-state index in [0.29, 0.717) is 12.6 Å². The molecule has 0 aliphatic carbocycles. The van der Waals surface area contributed by atoms with Crippen LogP contribution in [0.25, 0.3) is 0 Å². The van der Waals surface area contributed by atoms with Crippen LogP contribution in [-0.4, -0.2) is 53.5 Å². The van der Waals surface area contributed by atoms with Crippen LogP contribution < -0.4 is 10.2 Å². The molecule has 0 radical (unpaired) electrons. The Kier molecular flexibility index (Phi) is 5.28. The standard InChI is InChI=1S/C19H25N5O/c1-4-15-5-7-16(8-6-15)22-19(25)12-23(3)17-10-24(11-17)18-9-14(2)20-13-21-18/h5-9,13,17H,4,10-12H2,1-3H3,(H,22,25). The van der Waals surface area contributed by atoms with Gasteiger partial charge in [0.15, 0.2) is 0 Å². The Balaban J connectivity index is 1.46. The summed E-state index contributed by atoms with van der Waals surface area (Å²) >= 11 is 0. The summed E-state index contributed by atoms with van der Waals surface area (Å²) < 4.78 is 0. The van der Waals surface area contributed by atoms with Crippen LogP contribution in [0.1, 0.15) is 18.2 Å². The summed E-state index contributed by atoms with van der Waals surface area (Å²) in [6.07, 6.45) is 2.60. The second-order valence-corrected chi connectivity index (χ2v) is 6.59. The molecule has 2 aromatic rings. The van der Waals surface area contributed by atoms with Gasteiger partial charge in [0.1, 0.15) is 12.1 Å². The molecule has 6 heteroatoms. The lowest BCUT2D eigenvalue weighted by Crippen LogP contribution is -2.59. The first-order valence-corrected chi connectivity index (χ1v) is 8.67. The number of amides is 1. The molecule has 0 unspecified atom stereocenters. The minimum Gasteiger partial charge on any atom is -0.353 e. The first kappa shape index (κ1) is 17.4. The van der Waals surface area contributed by atoms with Crippen LogP contribution in [0.2, 0.25) is 0 Å². The van der Waals surface area contributed by atoms with E-state index in [2.05, 4.69) is 32.0 Å². The average molecular weight is 339 g/mol. The predicted octanol–water partition coefficient (Wildman–Crippen LogP) is 2.11. The Morgan fingerprint density at radius 1 is 1.28 bits per heavy atom. The van der Waals surface area contributed by atoms with Gasteiger partial charge < -0.3 is 10.2 Å². The number of benzene rings is 1. The Labute approximate surface area is 148 Å². The van der Waals surface area contributed by atoms with Gasteiger partial charge in [0.25, 0.3) is 0 Å². The molecule has 0 saturated carbocycles. The molecule has 0 spiro atoms. The monoisotopic (exact) mass is 339 g/mol. The van der Waals surface area contributed by atoms with Crippen molar-refractivity contribution in [3.8, 4) is 0 Å². The molecule has 6 nitrogen and oxygen atoms in total. The Morgan fingerprint density at radius 3 is 2.64 bits per heavy atom. The highest BCUT2D eigenvalue weighted by Gasteiger charge is 2.31. The summed E-state index contributed by atoms with van der Waals surface area (Å²) in [5, 5.41) is 2.96. The minimum atomic E-state index is 0.0167. The van der Waals surface area contributed by atoms with Gasteiger partial charge >= 0.3 is 0 Å². The normalized spacial score (nSPS) is 14.5. The molecular weight excluding hydrogens is 314 g/mol. The number of aryl methyl sites for hydroxylation is 2. The van der Waals surface area contributed by atoms with Crippen molar-refractivity contribution in [2.75, 3.05) is 36.9 Å². The predicted molar refractivity (Wildman–Crippen MR) is 99.8 cm³/mol. The van der Waals surface area contributed by atoms with Gasteiger partial charge in [0, 0.05) is 36.6 Å². The third-order valence-corrected chi connectivity index (χ3v) is 4.64. The van der Waals surface area contributed by atoms with Crippen molar-refractivity contribution < 1.29 is 4.79 Å². The fourth-order valence-corrected chi connectivity index (χ4v) is 2.91. The molecule has 1 amide bonds. The van der Waals surface area contributed by atoms with Crippen molar-refractivity contribution in [1.82, 2.24) is 14.9 Å². The smallest absolute Gasteiger partial charge is 0.238 e. The molecule has 1 aliphatic heterocycles. The fraction of sp³-hybridized carbons (Fsp3) is 0.421. The zero-order valence-electron chi connectivity index (χ0n) is 15.1. The number of likely N-dealkylation sites (N-methyl/N-ethyl adjacent to an activating group) is 1. The lowest BCUT2D eigenvalue weighted by molar-refractivity contribution is -0.117. The van der Waals surface area contributed by atoms with Crippen molar-refractivity contribution in [3.63, 3.8) is 0 Å². The number of rotatable bonds is 6. The second-order valence-electron chi connectivity index (χ2n) is 6.59. The minimum absolute atomic E-state index is 0.0167. The molecule has 2 heterocycles. The molecule has 3 rings (SSSR count). The highest BCUT2D eigenvalue weighted by atomic mass is 16.2. The van der Waals surface area contributed by atoms with Crippen LogP contribution in [0.3, 0.4) is 0 Å². The van der Waals surface area contributed by atoms with Crippen LogP contribution in [0.5, 0.6) is 0 Å². The fourth-order valence-electron chi connectivity index (χ4n) is 2.91. The lowest BCUT2D eigenvalue weighted by atomic mass is 10.1. The van der Waals surface area contributed by atoms with Crippen molar-refractivity contribution in [1.29, 1.82) is 0 Å². The highest BCUT2D eigenvalue weighted by molar-refractivity contribution is 5.92. The third kappa shape index (κ3) is 4.33. The van der Waals surface area contributed by atoms with Crippen molar-refractivity contribution in [2.45, 2.75) is 26.3 Å². The van der Waals surface area contributed by atoms with Crippen molar-refractivity contribution in [2.24, 2.45) is 0 Å². The van der Waals surface area contributed by atoms with Gasteiger partial charge in [-0.3, -0.25) is 9.69 Å². The first-order valence-electron chi connectivity index (χ1n) is 8.67. The van der Waals surface area contributed by atoms with E-state index in [1.54, 1.807) is 6.33 Å². The maximum Gasteiger partial charge on any atom is 0.238 e. The Hall–Kier alpha value is -2.47. The lowest BCUT2D eigenvalue weighted by Gasteiger charge is -2.44. The number of anilines is 2. The number of nitrogens with one attached hydrogen (secondary N) is 1. The van der Waals surface area contributed by atoms with Gasteiger partial charge in [0.05, 0.1) is 6.54 Å². The van der Waals surface area contributed by atoms with E-state index in [9.17, 15) is 4.79 Å². The molecule has 1 fully saturated rings. The average Bonchev–Trinajstić information content (AvgIpc) is 2.54. The quantitative estimate of drug-likeness (QED) is 0.873. The maximum atomic E-state index is 12.2. The van der Waals surface area contributed by atoms with E-state index < -0.39 is 0 Å². The van der Waals surface area contributed by atoms with Crippen LogP contribution in [0, 0.1) is 6.92 Å². The number of carbonyl (C=O) groups excluding carboxylic acids is 1. The van der Waals surface area contributed by atoms with Crippen molar-refractivity contribution in [3.05, 3.63) is 47.9 Å². The second kappa shape index (κ2) is 7.61. The molecule has 0 atom stereocenters. The first-order chi connectivity index (χ1) is 12.0. The molecule has 132 valence electrons. The van der Waals surface area contributed by atoms with Gasteiger partial charge in [-0.25, -0.2) is 9.97 Å². The number of nitrogens with zero attached hydrogens (tertiary/aromatic N) is 4. The molecule has 0 bridgehead atoms. The van der Waals surface area contributed by atoms with Gasteiger partial charge in [0.2, 0.25) is 5.91 Å². The maximum absolute atomic E-state index is 12.2. The summed E-state index contributed by atoms with van der Waals surface area (Å²) in [4.78, 5) is 25.0. The van der Waals surface area contributed by atoms with Crippen molar-refractivity contribution >= 4 is 17.4 Å². The van der Waals surface area contributed by atoms with E-state index in [1.165, 1.54) is 5.56 Å². The van der Waals surface area contributed by atoms with Crippen LogP contribution in [-0.2, 0) is 11.2 Å². The van der Waals surface area contributed by atoms with E-state index >= 15 is 0 Å². The van der Waals surface area contributed by atoms with E-state index in [4.69, 9.17) is 0 Å². The van der Waals surface area contributed by atoms with Gasteiger partial charge in [-0.05, 0) is 38.1 Å². The Bertz CT molecular complexity index is 725. The molecule has 1 aromatic carbocycles. The summed E-state index contributed by atoms with van der Waals surface area (Å²) in [5.41, 5.74) is 3.09. The van der Waals surface area contributed by atoms with E-state index in [1.807, 2.05) is 44.3 Å². The zero-order chi connectivity index (χ0) is 17.8. The number of hydrogen-bond acceptors (Lipinski definition) is 5. The summed E-state index contributed by atoms with van der Waals surface area (Å²) in [6, 6.07) is 10.4. The SMILES string of the molecule is CCc1ccc(NC(=O)CN(C)C2CN(c3cc(C)ncn3)C2)cc1. The summed E-state index contributed by atoms with van der Waals surface area (Å²) in [7, 11) is 1.99. The molecule has 1 aromatic heterocycles. The number of aromatic nitrogens is 2. The Morgan fingerprint density at radius 2 is 2.00 bits per heavy atom. The molecule has 1 saturated heterocycles. The van der Waals surface area contributed by atoms with Crippen LogP contribution in [0.15, 0.2) is 36.7 Å². The summed E-state index contributed by atoms with van der Waals surface area (Å²) in [5.74, 6) is 0.973. The molecular formula is C19H25N5O. The third-order valence-electron chi connectivity index (χ3n) is 4.64. The zero-order valence-corrected chi connectivity index (χ0v) is 15.1. The summed E-state index contributed by atoms with van der Waals surface area (Å²) in [6.45, 7) is 6.23. The van der Waals surface area contributed by atoms with Crippen LogP contribution >= 0.6 is 0 Å². The molecule has 1 aliphatic rings. The highest BCUT2D eigenvalue weighted by Crippen LogP contribution is 2.21. The topological polar surface area (TPSA) is 61.4 Å². The molecule has 25 heavy (non-hydrogen) atoms. The van der Waals surface area contributed by atoms with Gasteiger partial charge in [-0.15, -0.1) is 0 Å². The van der Waals surface area contributed by atoms with E-state index in [0.717, 1.165) is 36.7 Å². The van der Waals surface area contributed by atoms with Crippen LogP contribution in [0.4, 0.5) is 11.5 Å².